The summed E-state index contributed by atoms with van der Waals surface area (Å²) < 4.78 is 9.31. The van der Waals surface area contributed by atoms with Crippen LogP contribution < -0.4 is 0 Å². The van der Waals surface area contributed by atoms with Crippen LogP contribution in [0.15, 0.2) is 0 Å². The lowest BCUT2D eigenvalue weighted by atomic mass is 9.82. The Morgan fingerprint density at radius 2 is 1.52 bits per heavy atom. The third-order valence-electron chi connectivity index (χ3n) is 5.08. The molecular formula is C15H24O16. The Morgan fingerprint density at radius 3 is 2.06 bits per heavy atom. The molecule has 0 radical (unpaired) electrons. The van der Waals surface area contributed by atoms with Crippen molar-refractivity contribution in [2.24, 2.45) is 0 Å². The summed E-state index contributed by atoms with van der Waals surface area (Å²) in [6, 6.07) is 0. The molecule has 0 aliphatic carbocycles. The van der Waals surface area contributed by atoms with E-state index >= 15 is 0 Å². The number of aliphatic hydroxyl groups is 10. The average Bonchev–Trinajstić information content (AvgIpc) is 2.73. The van der Waals surface area contributed by atoms with Crippen molar-refractivity contribution in [3.63, 3.8) is 0 Å². The van der Waals surface area contributed by atoms with Crippen molar-refractivity contribution in [1.82, 2.24) is 0 Å². The van der Waals surface area contributed by atoms with E-state index in [0.29, 0.717) is 6.92 Å². The molecule has 2 saturated heterocycles. The van der Waals surface area contributed by atoms with Gasteiger partial charge in [0.1, 0.15) is 42.7 Å². The molecule has 2 aliphatic heterocycles. The molecule has 7 unspecified atom stereocenters. The number of carbonyl (C=O) groups excluding carboxylic acids is 2. The molecule has 180 valence electrons. The summed E-state index contributed by atoms with van der Waals surface area (Å²) >= 11 is 0. The number of rotatable bonds is 4. The molecule has 0 aromatic heterocycles. The Hall–Kier alpha value is -1.54. The molecule has 2 aliphatic rings. The Morgan fingerprint density at radius 1 is 0.935 bits per heavy atom. The summed E-state index contributed by atoms with van der Waals surface area (Å²) in [6.07, 6.45) is -18.8. The van der Waals surface area contributed by atoms with Crippen LogP contribution in [0.25, 0.3) is 0 Å². The van der Waals surface area contributed by atoms with Crippen molar-refractivity contribution >= 4 is 11.9 Å². The van der Waals surface area contributed by atoms with Crippen LogP contribution in [-0.2, 0) is 28.8 Å². The van der Waals surface area contributed by atoms with Gasteiger partial charge in [0.25, 0.3) is 0 Å². The summed E-state index contributed by atoms with van der Waals surface area (Å²) in [5.74, 6) is -7.09. The largest absolute Gasteiger partial charge is 0.394 e. The first-order valence-electron chi connectivity index (χ1n) is 8.78. The minimum atomic E-state index is -3.38. The lowest BCUT2D eigenvalue weighted by Gasteiger charge is -2.49. The van der Waals surface area contributed by atoms with Gasteiger partial charge < -0.3 is 60.5 Å². The first kappa shape index (κ1) is 25.7. The highest BCUT2D eigenvalue weighted by atomic mass is 17.2. The van der Waals surface area contributed by atoms with E-state index in [1.165, 1.54) is 0 Å². The fourth-order valence-electron chi connectivity index (χ4n) is 2.97. The molecule has 0 spiro atoms. The van der Waals surface area contributed by atoms with Gasteiger partial charge in [0, 0.05) is 0 Å². The molecule has 10 N–H and O–H groups in total. The molecule has 0 amide bonds. The maximum atomic E-state index is 12.2. The molecule has 16 nitrogen and oxygen atoms in total. The van der Waals surface area contributed by atoms with E-state index in [0.717, 1.165) is 0 Å². The molecule has 0 bridgehead atoms. The van der Waals surface area contributed by atoms with Gasteiger partial charge in [-0.15, -0.1) is 0 Å². The van der Waals surface area contributed by atoms with Crippen molar-refractivity contribution in [2.45, 2.75) is 73.4 Å². The van der Waals surface area contributed by atoms with Gasteiger partial charge in [0.2, 0.25) is 11.4 Å². The van der Waals surface area contributed by atoms with Gasteiger partial charge in [0.15, 0.2) is 12.4 Å². The standard InChI is InChI=1S/C15H24O16/c1-14(26,15(27)10(22)7(20)4(17)3(2-16)29-15)13(25)31-30-12(24)9-6(19)5(18)8(21)11(23)28-9/h3-11,16-23,26-27H,2H2,1H3/t3-,4-,5?,6?,7+,8?,9?,10-,11?,14?,15?/m1/s1. The van der Waals surface area contributed by atoms with Gasteiger partial charge in [-0.25, -0.2) is 19.4 Å². The van der Waals surface area contributed by atoms with E-state index in [2.05, 4.69) is 14.5 Å². The second-order valence-corrected chi connectivity index (χ2v) is 7.23. The molecule has 2 rings (SSSR count). The zero-order chi connectivity index (χ0) is 23.9. The smallest absolute Gasteiger partial charge is 0.392 e. The van der Waals surface area contributed by atoms with Crippen molar-refractivity contribution in [3.05, 3.63) is 0 Å². The molecule has 0 aromatic rings. The maximum absolute atomic E-state index is 12.2. The highest BCUT2D eigenvalue weighted by Crippen LogP contribution is 2.37. The number of hydrogen-bond donors (Lipinski definition) is 10. The molecule has 11 atom stereocenters. The van der Waals surface area contributed by atoms with Crippen molar-refractivity contribution in [2.75, 3.05) is 6.61 Å². The van der Waals surface area contributed by atoms with E-state index in [-0.39, 0.29) is 0 Å². The molecule has 2 fully saturated rings. The molecule has 16 heteroatoms. The summed E-state index contributed by atoms with van der Waals surface area (Å²) in [4.78, 5) is 32.2. The second-order valence-electron chi connectivity index (χ2n) is 7.23. The Balaban J connectivity index is 2.11. The van der Waals surface area contributed by atoms with Gasteiger partial charge in [-0.2, -0.15) is 0 Å². The third kappa shape index (κ3) is 4.38. The van der Waals surface area contributed by atoms with Crippen LogP contribution >= 0.6 is 0 Å². The minimum Gasteiger partial charge on any atom is -0.394 e. The molecule has 0 saturated carbocycles. The van der Waals surface area contributed by atoms with E-state index in [4.69, 9.17) is 9.84 Å². The Kier molecular flexibility index (Phi) is 7.58. The van der Waals surface area contributed by atoms with Crippen LogP contribution in [0, 0.1) is 0 Å². The van der Waals surface area contributed by atoms with Gasteiger partial charge >= 0.3 is 11.9 Å². The number of carbonyl (C=O) groups is 2. The minimum absolute atomic E-state index is 0.515. The first-order chi connectivity index (χ1) is 14.2. The topological polar surface area (TPSA) is 273 Å². The van der Waals surface area contributed by atoms with Crippen LogP contribution in [0.4, 0.5) is 0 Å². The molecular weight excluding hydrogens is 436 g/mol. The van der Waals surface area contributed by atoms with E-state index in [1.54, 1.807) is 0 Å². The molecule has 2 heterocycles. The first-order valence-corrected chi connectivity index (χ1v) is 8.78. The Bertz CT molecular complexity index is 667. The van der Waals surface area contributed by atoms with Crippen molar-refractivity contribution in [3.8, 4) is 0 Å². The zero-order valence-electron chi connectivity index (χ0n) is 15.8. The van der Waals surface area contributed by atoms with E-state index in [9.17, 15) is 55.5 Å². The summed E-state index contributed by atoms with van der Waals surface area (Å²) in [6.45, 7) is -0.498. The van der Waals surface area contributed by atoms with Crippen molar-refractivity contribution in [1.29, 1.82) is 0 Å². The number of aliphatic hydroxyl groups excluding tert-OH is 8. The van der Waals surface area contributed by atoms with Crippen LogP contribution in [0.5, 0.6) is 0 Å². The monoisotopic (exact) mass is 460 g/mol. The highest BCUT2D eigenvalue weighted by Gasteiger charge is 2.66. The van der Waals surface area contributed by atoms with E-state index < -0.39 is 85.1 Å². The van der Waals surface area contributed by atoms with E-state index in [1.807, 2.05) is 0 Å². The predicted molar refractivity (Wildman–Crippen MR) is 86.6 cm³/mol. The fraction of sp³-hybridized carbons (Fsp3) is 0.867. The third-order valence-corrected chi connectivity index (χ3v) is 5.08. The van der Waals surface area contributed by atoms with Crippen LogP contribution in [-0.4, -0.2) is 136 Å². The van der Waals surface area contributed by atoms with Crippen LogP contribution in [0.3, 0.4) is 0 Å². The molecule has 0 aromatic carbocycles. The summed E-state index contributed by atoms with van der Waals surface area (Å²) in [7, 11) is 0. The van der Waals surface area contributed by atoms with Gasteiger partial charge in [-0.1, -0.05) is 0 Å². The lowest BCUT2D eigenvalue weighted by molar-refractivity contribution is -0.397. The molecule has 31 heavy (non-hydrogen) atoms. The van der Waals surface area contributed by atoms with Gasteiger partial charge in [-0.05, 0) is 6.92 Å². The van der Waals surface area contributed by atoms with Gasteiger partial charge in [0.05, 0.1) is 6.61 Å². The second kappa shape index (κ2) is 9.14. The SMILES string of the molecule is CC(O)(C(=O)OOC(=O)C1OC(O)C(O)C(O)C1O)C1(O)O[C@H](CO)[C@@H](O)[C@H](O)[C@H]1O. The quantitative estimate of drug-likeness (QED) is 0.138. The average molecular weight is 460 g/mol. The highest BCUT2D eigenvalue weighted by molar-refractivity contribution is 5.82. The predicted octanol–water partition coefficient (Wildman–Crippen LogP) is -7.30. The zero-order valence-corrected chi connectivity index (χ0v) is 15.8. The van der Waals surface area contributed by atoms with Crippen LogP contribution in [0.2, 0.25) is 0 Å². The summed E-state index contributed by atoms with van der Waals surface area (Å²) in [5, 5.41) is 97.5. The fourth-order valence-corrected chi connectivity index (χ4v) is 2.97. The maximum Gasteiger partial charge on any atom is 0.392 e. The normalized spacial score (nSPS) is 45.5. The number of ether oxygens (including phenoxy) is 2. The van der Waals surface area contributed by atoms with Crippen LogP contribution in [0.1, 0.15) is 6.92 Å². The lowest BCUT2D eigenvalue weighted by Crippen LogP contribution is -2.74. The Labute approximate surface area is 172 Å². The van der Waals surface area contributed by atoms with Crippen molar-refractivity contribution < 1.29 is 79.9 Å². The van der Waals surface area contributed by atoms with Gasteiger partial charge in [-0.3, -0.25) is 0 Å². The summed E-state index contributed by atoms with van der Waals surface area (Å²) in [5.41, 5.74) is -3.29. The number of hydrogen-bond acceptors (Lipinski definition) is 16.